The Labute approximate surface area is 93.3 Å². The smallest absolute Gasteiger partial charge is 0.180 e. The minimum absolute atomic E-state index is 0.602. The van der Waals surface area contributed by atoms with Gasteiger partial charge in [-0.3, -0.25) is 4.90 Å². The number of nitrogen functional groups attached to an aromatic ring is 1. The van der Waals surface area contributed by atoms with Gasteiger partial charge in [-0.05, 0) is 12.8 Å². The molecule has 0 aromatic carbocycles. The van der Waals surface area contributed by atoms with Gasteiger partial charge in [0.1, 0.15) is 0 Å². The highest BCUT2D eigenvalue weighted by atomic mass is 32.1. The van der Waals surface area contributed by atoms with Crippen molar-refractivity contribution in [1.29, 1.82) is 5.26 Å². The Morgan fingerprint density at radius 2 is 2.47 bits per heavy atom. The Hall–Kier alpha value is -1.12. The fraction of sp³-hybridized carbons (Fsp3) is 0.600. The summed E-state index contributed by atoms with van der Waals surface area (Å²) in [6.45, 7) is 1.75. The van der Waals surface area contributed by atoms with Crippen LogP contribution in [-0.4, -0.2) is 22.5 Å². The van der Waals surface area contributed by atoms with Crippen molar-refractivity contribution in [2.24, 2.45) is 0 Å². The Balaban J connectivity index is 1.91. The van der Waals surface area contributed by atoms with Crippen LogP contribution in [0.5, 0.6) is 0 Å². The Morgan fingerprint density at radius 3 is 3.00 bits per heavy atom. The number of hydrogen-bond donors (Lipinski definition) is 1. The van der Waals surface area contributed by atoms with Gasteiger partial charge in [-0.15, -0.1) is 11.3 Å². The third kappa shape index (κ3) is 2.91. The number of rotatable bonds is 5. The summed E-state index contributed by atoms with van der Waals surface area (Å²) in [6.07, 6.45) is 4.96. The van der Waals surface area contributed by atoms with Crippen molar-refractivity contribution in [3.63, 3.8) is 0 Å². The molecule has 1 saturated carbocycles. The lowest BCUT2D eigenvalue weighted by molar-refractivity contribution is 0.263. The van der Waals surface area contributed by atoms with Crippen molar-refractivity contribution >= 4 is 16.5 Å². The van der Waals surface area contributed by atoms with Crippen molar-refractivity contribution in [3.05, 3.63) is 11.1 Å². The lowest BCUT2D eigenvalue weighted by atomic mass is 10.3. The third-order valence-corrected chi connectivity index (χ3v) is 3.32. The molecule has 15 heavy (non-hydrogen) atoms. The van der Waals surface area contributed by atoms with Gasteiger partial charge in [0, 0.05) is 36.6 Å². The third-order valence-electron chi connectivity index (χ3n) is 2.50. The van der Waals surface area contributed by atoms with Crippen LogP contribution < -0.4 is 5.73 Å². The zero-order valence-corrected chi connectivity index (χ0v) is 9.33. The molecular formula is C10H14N4S. The number of hydrogen-bond acceptors (Lipinski definition) is 5. The number of nitriles is 1. The van der Waals surface area contributed by atoms with Gasteiger partial charge in [0.2, 0.25) is 0 Å². The maximum atomic E-state index is 8.58. The maximum absolute atomic E-state index is 8.58. The normalized spacial score (nSPS) is 15.5. The summed E-state index contributed by atoms with van der Waals surface area (Å²) in [4.78, 5) is 7.58. The summed E-state index contributed by atoms with van der Waals surface area (Å²) in [5.74, 6) is 0. The molecule has 4 nitrogen and oxygen atoms in total. The molecule has 5 heteroatoms. The van der Waals surface area contributed by atoms with E-state index in [1.165, 1.54) is 29.1 Å². The van der Waals surface area contributed by atoms with Crippen LogP contribution in [0.1, 0.15) is 24.1 Å². The molecule has 1 aromatic rings. The van der Waals surface area contributed by atoms with Crippen LogP contribution in [0.2, 0.25) is 0 Å². The van der Waals surface area contributed by atoms with Crippen molar-refractivity contribution in [3.8, 4) is 6.07 Å². The molecular weight excluding hydrogens is 208 g/mol. The maximum Gasteiger partial charge on any atom is 0.180 e. The molecule has 1 heterocycles. The summed E-state index contributed by atoms with van der Waals surface area (Å²) in [5.41, 5.74) is 5.58. The topological polar surface area (TPSA) is 65.9 Å². The van der Waals surface area contributed by atoms with Gasteiger partial charge >= 0.3 is 0 Å². The number of nitrogens with two attached hydrogens (primary N) is 1. The molecule has 1 aromatic heterocycles. The van der Waals surface area contributed by atoms with E-state index in [0.29, 0.717) is 17.6 Å². The summed E-state index contributed by atoms with van der Waals surface area (Å²) in [7, 11) is 0. The minimum Gasteiger partial charge on any atom is -0.375 e. The highest BCUT2D eigenvalue weighted by Gasteiger charge is 2.28. The predicted molar refractivity (Wildman–Crippen MR) is 60.2 cm³/mol. The molecule has 0 aliphatic heterocycles. The zero-order chi connectivity index (χ0) is 10.7. The van der Waals surface area contributed by atoms with E-state index in [1.54, 1.807) is 0 Å². The van der Waals surface area contributed by atoms with Crippen molar-refractivity contribution in [2.45, 2.75) is 31.8 Å². The number of anilines is 1. The number of aromatic nitrogens is 1. The second kappa shape index (κ2) is 4.60. The second-order valence-electron chi connectivity index (χ2n) is 3.77. The first kappa shape index (κ1) is 10.4. The predicted octanol–water partition coefficient (Wildman–Crippen LogP) is 1.60. The van der Waals surface area contributed by atoms with Crippen LogP contribution in [0, 0.1) is 11.3 Å². The number of thiazole rings is 1. The first-order chi connectivity index (χ1) is 7.29. The highest BCUT2D eigenvalue weighted by Crippen LogP contribution is 2.29. The van der Waals surface area contributed by atoms with Crippen molar-refractivity contribution in [2.75, 3.05) is 12.3 Å². The van der Waals surface area contributed by atoms with Crippen LogP contribution in [0.4, 0.5) is 5.13 Å². The molecule has 0 radical (unpaired) electrons. The van der Waals surface area contributed by atoms with Gasteiger partial charge < -0.3 is 5.73 Å². The van der Waals surface area contributed by atoms with E-state index in [1.807, 2.05) is 6.20 Å². The van der Waals surface area contributed by atoms with Crippen molar-refractivity contribution < 1.29 is 0 Å². The van der Waals surface area contributed by atoms with Crippen LogP contribution in [0.3, 0.4) is 0 Å². The van der Waals surface area contributed by atoms with E-state index in [9.17, 15) is 0 Å². The molecule has 1 fully saturated rings. The van der Waals surface area contributed by atoms with Crippen LogP contribution in [-0.2, 0) is 6.54 Å². The molecule has 0 saturated heterocycles. The van der Waals surface area contributed by atoms with Gasteiger partial charge in [-0.25, -0.2) is 4.98 Å². The van der Waals surface area contributed by atoms with E-state index in [-0.39, 0.29) is 0 Å². The molecule has 2 N–H and O–H groups in total. The van der Waals surface area contributed by atoms with Gasteiger partial charge in [0.15, 0.2) is 5.13 Å². The Bertz CT molecular complexity index is 364. The van der Waals surface area contributed by atoms with E-state index >= 15 is 0 Å². The first-order valence-corrected chi connectivity index (χ1v) is 5.92. The largest absolute Gasteiger partial charge is 0.375 e. The molecule has 80 valence electrons. The van der Waals surface area contributed by atoms with E-state index < -0.39 is 0 Å². The lowest BCUT2D eigenvalue weighted by Crippen LogP contribution is -2.26. The second-order valence-corrected chi connectivity index (χ2v) is 4.92. The molecule has 1 aliphatic rings. The molecule has 0 unspecified atom stereocenters. The molecule has 2 rings (SSSR count). The Morgan fingerprint density at radius 1 is 1.67 bits per heavy atom. The summed E-state index contributed by atoms with van der Waals surface area (Å²) in [5, 5.41) is 9.21. The first-order valence-electron chi connectivity index (χ1n) is 5.11. The molecule has 0 amide bonds. The quantitative estimate of drug-likeness (QED) is 0.821. The fourth-order valence-electron chi connectivity index (χ4n) is 1.62. The molecule has 0 atom stereocenters. The van der Waals surface area contributed by atoms with Crippen LogP contribution in [0.25, 0.3) is 0 Å². The SMILES string of the molecule is N#CCCN(Cc1cnc(N)s1)C1CC1. The monoisotopic (exact) mass is 222 g/mol. The van der Waals surface area contributed by atoms with Gasteiger partial charge in [0.25, 0.3) is 0 Å². The minimum atomic E-state index is 0.602. The summed E-state index contributed by atoms with van der Waals surface area (Å²) >= 11 is 1.54. The fourth-order valence-corrected chi connectivity index (χ4v) is 2.33. The van der Waals surface area contributed by atoms with E-state index in [0.717, 1.165) is 13.1 Å². The van der Waals surface area contributed by atoms with Gasteiger partial charge in [0.05, 0.1) is 6.07 Å². The molecule has 0 spiro atoms. The standard InChI is InChI=1S/C10H14N4S/c11-4-1-5-14(8-2-3-8)7-9-6-13-10(12)15-9/h6,8H,1-3,5,7H2,(H2,12,13). The van der Waals surface area contributed by atoms with Crippen LogP contribution in [0.15, 0.2) is 6.20 Å². The molecule has 0 bridgehead atoms. The Kier molecular flexibility index (Phi) is 3.19. The van der Waals surface area contributed by atoms with E-state index in [2.05, 4.69) is 16.0 Å². The van der Waals surface area contributed by atoms with Gasteiger partial charge in [-0.1, -0.05) is 0 Å². The number of nitrogens with zero attached hydrogens (tertiary/aromatic N) is 3. The van der Waals surface area contributed by atoms with Gasteiger partial charge in [-0.2, -0.15) is 5.26 Å². The average Bonchev–Trinajstić information content (AvgIpc) is 2.98. The highest BCUT2D eigenvalue weighted by molar-refractivity contribution is 7.15. The van der Waals surface area contributed by atoms with Crippen molar-refractivity contribution in [1.82, 2.24) is 9.88 Å². The van der Waals surface area contributed by atoms with Crippen LogP contribution >= 0.6 is 11.3 Å². The summed E-state index contributed by atoms with van der Waals surface area (Å²) < 4.78 is 0. The van der Waals surface area contributed by atoms with E-state index in [4.69, 9.17) is 11.0 Å². The molecule has 1 aliphatic carbocycles. The summed E-state index contributed by atoms with van der Waals surface area (Å²) in [6, 6.07) is 2.88. The lowest BCUT2D eigenvalue weighted by Gasteiger charge is -2.19. The average molecular weight is 222 g/mol. The zero-order valence-electron chi connectivity index (χ0n) is 8.52.